The van der Waals surface area contributed by atoms with Crippen molar-refractivity contribution in [2.75, 3.05) is 18.5 Å². The van der Waals surface area contributed by atoms with Crippen molar-refractivity contribution < 1.29 is 4.74 Å². The molecule has 0 radical (unpaired) electrons. The average Bonchev–Trinajstić information content (AvgIpc) is 2.65. The van der Waals surface area contributed by atoms with Gasteiger partial charge in [0.25, 0.3) is 0 Å². The van der Waals surface area contributed by atoms with Crippen LogP contribution in [0.1, 0.15) is 18.9 Å². The molecular weight excluding hydrogens is 268 g/mol. The molecule has 1 aromatic rings. The lowest BCUT2D eigenvalue weighted by Gasteiger charge is -2.25. The molecule has 1 atom stereocenters. The summed E-state index contributed by atoms with van der Waals surface area (Å²) in [7, 11) is 0. The molecule has 0 saturated carbocycles. The summed E-state index contributed by atoms with van der Waals surface area (Å²) in [6.07, 6.45) is 0.963. The molecule has 0 amide bonds. The van der Waals surface area contributed by atoms with Crippen LogP contribution in [-0.4, -0.2) is 18.8 Å². The lowest BCUT2D eigenvalue weighted by molar-refractivity contribution is 0.185. The first-order valence-corrected chi connectivity index (χ1v) is 5.98. The molecule has 1 heterocycles. The summed E-state index contributed by atoms with van der Waals surface area (Å²) in [6.45, 7) is 3.58. The number of nitriles is 1. The largest absolute Gasteiger partial charge is 0.379 e. The number of hydrogen-bond acceptors (Lipinski definition) is 3. The van der Waals surface area contributed by atoms with Crippen LogP contribution >= 0.6 is 15.9 Å². The van der Waals surface area contributed by atoms with Gasteiger partial charge in [-0.05, 0) is 31.5 Å². The van der Waals surface area contributed by atoms with E-state index < -0.39 is 0 Å². The fourth-order valence-electron chi connectivity index (χ4n) is 1.81. The third-order valence-electron chi connectivity index (χ3n) is 2.76. The van der Waals surface area contributed by atoms with Gasteiger partial charge in [0.05, 0.1) is 23.4 Å². The minimum atomic E-state index is -0.0631. The van der Waals surface area contributed by atoms with Gasteiger partial charge in [-0.1, -0.05) is 15.9 Å². The molecule has 2 rings (SSSR count). The third-order valence-corrected chi connectivity index (χ3v) is 3.25. The number of ether oxygens (including phenoxy) is 1. The fourth-order valence-corrected chi connectivity index (χ4v) is 2.17. The van der Waals surface area contributed by atoms with E-state index in [1.807, 2.05) is 18.2 Å². The average molecular weight is 281 g/mol. The Balaban J connectivity index is 2.26. The van der Waals surface area contributed by atoms with Gasteiger partial charge in [0.15, 0.2) is 0 Å². The van der Waals surface area contributed by atoms with E-state index >= 15 is 0 Å². The predicted octanol–water partition coefficient (Wildman–Crippen LogP) is 2.91. The van der Waals surface area contributed by atoms with Crippen LogP contribution in [0.5, 0.6) is 0 Å². The van der Waals surface area contributed by atoms with Crippen molar-refractivity contribution in [2.24, 2.45) is 0 Å². The summed E-state index contributed by atoms with van der Waals surface area (Å²) in [5.41, 5.74) is 1.47. The molecule has 1 aliphatic heterocycles. The van der Waals surface area contributed by atoms with Crippen molar-refractivity contribution in [1.82, 2.24) is 0 Å². The molecule has 0 aliphatic carbocycles. The highest BCUT2D eigenvalue weighted by atomic mass is 79.9. The molecule has 0 aromatic heterocycles. The summed E-state index contributed by atoms with van der Waals surface area (Å²) in [6, 6.07) is 7.81. The molecule has 1 saturated heterocycles. The van der Waals surface area contributed by atoms with Crippen molar-refractivity contribution >= 4 is 21.6 Å². The first-order valence-electron chi connectivity index (χ1n) is 5.19. The summed E-state index contributed by atoms with van der Waals surface area (Å²) < 4.78 is 6.35. The van der Waals surface area contributed by atoms with Crippen molar-refractivity contribution in [3.63, 3.8) is 0 Å². The SMILES string of the molecule is CC1(Nc2cc(Br)ccc2C#N)CCOC1. The molecule has 1 N–H and O–H groups in total. The van der Waals surface area contributed by atoms with Crippen LogP contribution in [0.15, 0.2) is 22.7 Å². The first-order chi connectivity index (χ1) is 7.63. The fraction of sp³-hybridized carbons (Fsp3) is 0.417. The second-order valence-corrected chi connectivity index (χ2v) is 5.21. The van der Waals surface area contributed by atoms with Gasteiger partial charge in [0.1, 0.15) is 6.07 Å². The Hall–Kier alpha value is -1.05. The zero-order valence-corrected chi connectivity index (χ0v) is 10.7. The Morgan fingerprint density at radius 2 is 2.38 bits per heavy atom. The normalized spacial score (nSPS) is 24.1. The Labute approximate surface area is 104 Å². The molecule has 0 bridgehead atoms. The molecular formula is C12H13BrN2O. The van der Waals surface area contributed by atoms with Gasteiger partial charge in [0.2, 0.25) is 0 Å². The molecule has 84 valence electrons. The van der Waals surface area contributed by atoms with Gasteiger partial charge in [0, 0.05) is 11.1 Å². The number of hydrogen-bond donors (Lipinski definition) is 1. The standard InChI is InChI=1S/C12H13BrN2O/c1-12(4-5-16-8-12)15-11-6-10(13)3-2-9(11)7-14/h2-3,6,15H,4-5,8H2,1H3. The van der Waals surface area contributed by atoms with Gasteiger partial charge < -0.3 is 10.1 Å². The maximum absolute atomic E-state index is 9.03. The van der Waals surface area contributed by atoms with Crippen molar-refractivity contribution in [1.29, 1.82) is 5.26 Å². The minimum absolute atomic E-state index is 0.0631. The highest BCUT2D eigenvalue weighted by Gasteiger charge is 2.29. The van der Waals surface area contributed by atoms with E-state index in [1.165, 1.54) is 0 Å². The highest BCUT2D eigenvalue weighted by Crippen LogP contribution is 2.28. The quantitative estimate of drug-likeness (QED) is 0.906. The molecule has 1 fully saturated rings. The zero-order chi connectivity index (χ0) is 11.6. The smallest absolute Gasteiger partial charge is 0.101 e. The van der Waals surface area contributed by atoms with E-state index in [0.29, 0.717) is 12.2 Å². The molecule has 1 aromatic carbocycles. The Bertz CT molecular complexity index is 433. The van der Waals surface area contributed by atoms with Crippen LogP contribution in [0.4, 0.5) is 5.69 Å². The van der Waals surface area contributed by atoms with Crippen molar-refractivity contribution in [2.45, 2.75) is 18.9 Å². The predicted molar refractivity (Wildman–Crippen MR) is 66.3 cm³/mol. The highest BCUT2D eigenvalue weighted by molar-refractivity contribution is 9.10. The first kappa shape index (κ1) is 11.4. The van der Waals surface area contributed by atoms with E-state index in [0.717, 1.165) is 23.2 Å². The zero-order valence-electron chi connectivity index (χ0n) is 9.09. The van der Waals surface area contributed by atoms with Crippen LogP contribution in [-0.2, 0) is 4.74 Å². The Morgan fingerprint density at radius 1 is 1.56 bits per heavy atom. The monoisotopic (exact) mass is 280 g/mol. The Morgan fingerprint density at radius 3 is 3.00 bits per heavy atom. The minimum Gasteiger partial charge on any atom is -0.379 e. The van der Waals surface area contributed by atoms with Crippen molar-refractivity contribution in [3.05, 3.63) is 28.2 Å². The summed E-state index contributed by atoms with van der Waals surface area (Å²) in [5, 5.41) is 12.4. The van der Waals surface area contributed by atoms with Gasteiger partial charge >= 0.3 is 0 Å². The molecule has 1 aliphatic rings. The lowest BCUT2D eigenvalue weighted by atomic mass is 10.0. The van der Waals surface area contributed by atoms with E-state index in [4.69, 9.17) is 10.00 Å². The molecule has 4 heteroatoms. The lowest BCUT2D eigenvalue weighted by Crippen LogP contribution is -2.35. The Kier molecular flexibility index (Phi) is 3.17. The molecule has 16 heavy (non-hydrogen) atoms. The third kappa shape index (κ3) is 2.37. The second-order valence-electron chi connectivity index (χ2n) is 4.29. The number of benzene rings is 1. The van der Waals surface area contributed by atoms with E-state index in [-0.39, 0.29) is 5.54 Å². The molecule has 3 nitrogen and oxygen atoms in total. The van der Waals surface area contributed by atoms with Gasteiger partial charge in [-0.3, -0.25) is 0 Å². The maximum atomic E-state index is 9.03. The van der Waals surface area contributed by atoms with Crippen LogP contribution in [0.3, 0.4) is 0 Å². The number of nitrogens with one attached hydrogen (secondary N) is 1. The van der Waals surface area contributed by atoms with Gasteiger partial charge in [-0.2, -0.15) is 5.26 Å². The number of halogens is 1. The topological polar surface area (TPSA) is 45.0 Å². The van der Waals surface area contributed by atoms with Crippen molar-refractivity contribution in [3.8, 4) is 6.07 Å². The van der Waals surface area contributed by atoms with Crippen LogP contribution < -0.4 is 5.32 Å². The van der Waals surface area contributed by atoms with E-state index in [9.17, 15) is 0 Å². The van der Waals surface area contributed by atoms with Crippen LogP contribution in [0.25, 0.3) is 0 Å². The van der Waals surface area contributed by atoms with E-state index in [1.54, 1.807) is 0 Å². The summed E-state index contributed by atoms with van der Waals surface area (Å²) >= 11 is 3.41. The molecule has 0 spiro atoms. The summed E-state index contributed by atoms with van der Waals surface area (Å²) in [5.74, 6) is 0. The van der Waals surface area contributed by atoms with Gasteiger partial charge in [-0.25, -0.2) is 0 Å². The molecule has 1 unspecified atom stereocenters. The van der Waals surface area contributed by atoms with Gasteiger partial charge in [-0.15, -0.1) is 0 Å². The number of nitrogens with zero attached hydrogens (tertiary/aromatic N) is 1. The maximum Gasteiger partial charge on any atom is 0.101 e. The van der Waals surface area contributed by atoms with Crippen LogP contribution in [0.2, 0.25) is 0 Å². The number of rotatable bonds is 2. The summed E-state index contributed by atoms with van der Waals surface area (Å²) in [4.78, 5) is 0. The second kappa shape index (κ2) is 4.44. The number of anilines is 1. The van der Waals surface area contributed by atoms with E-state index in [2.05, 4.69) is 34.2 Å². The van der Waals surface area contributed by atoms with Crippen LogP contribution in [0, 0.1) is 11.3 Å².